The van der Waals surface area contributed by atoms with Crippen LogP contribution in [0.3, 0.4) is 0 Å². The molecule has 1 heterocycles. The lowest BCUT2D eigenvalue weighted by atomic mass is 10.2. The second kappa shape index (κ2) is 3.12. The normalized spacial score (nSPS) is 14.5. The summed E-state index contributed by atoms with van der Waals surface area (Å²) in [6.45, 7) is 3.37. The molecule has 64 valence electrons. The highest BCUT2D eigenvalue weighted by Gasteiger charge is 2.14. The first-order chi connectivity index (χ1) is 5.79. The van der Waals surface area contributed by atoms with E-state index in [9.17, 15) is 0 Å². The van der Waals surface area contributed by atoms with Gasteiger partial charge in [0.25, 0.3) is 0 Å². The molecule has 1 aliphatic heterocycles. The Hall–Kier alpha value is -0.450. The minimum Gasteiger partial charge on any atom is -0.486 e. The zero-order valence-electron chi connectivity index (χ0n) is 6.76. The van der Waals surface area contributed by atoms with Crippen molar-refractivity contribution in [3.8, 4) is 11.5 Å². The second-order valence-electron chi connectivity index (χ2n) is 2.70. The van der Waals surface area contributed by atoms with E-state index >= 15 is 0 Å². The van der Waals surface area contributed by atoms with E-state index in [0.717, 1.165) is 11.5 Å². The standard InChI is InChI=1S/C9H9IO2/c1-6-7(10)2-3-8-9(6)12-5-4-11-8/h2-3H,4-5H2,1H3. The van der Waals surface area contributed by atoms with Gasteiger partial charge in [0.15, 0.2) is 11.5 Å². The molecule has 0 bridgehead atoms. The molecule has 0 unspecified atom stereocenters. The Labute approximate surface area is 85.0 Å². The van der Waals surface area contributed by atoms with E-state index in [0.29, 0.717) is 13.2 Å². The van der Waals surface area contributed by atoms with Crippen LogP contribution in [0, 0.1) is 10.5 Å². The summed E-state index contributed by atoms with van der Waals surface area (Å²) in [7, 11) is 0. The molecule has 1 aliphatic rings. The maximum Gasteiger partial charge on any atom is 0.165 e. The summed E-state index contributed by atoms with van der Waals surface area (Å²) < 4.78 is 12.2. The quantitative estimate of drug-likeness (QED) is 0.677. The third kappa shape index (κ3) is 1.26. The first-order valence-electron chi connectivity index (χ1n) is 3.84. The molecule has 0 fully saturated rings. The van der Waals surface area contributed by atoms with Crippen LogP contribution >= 0.6 is 22.6 Å². The van der Waals surface area contributed by atoms with Crippen LogP contribution in [0.25, 0.3) is 0 Å². The van der Waals surface area contributed by atoms with Crippen LogP contribution in [-0.2, 0) is 0 Å². The van der Waals surface area contributed by atoms with E-state index in [4.69, 9.17) is 9.47 Å². The summed E-state index contributed by atoms with van der Waals surface area (Å²) in [6, 6.07) is 4.01. The van der Waals surface area contributed by atoms with Gasteiger partial charge in [-0.15, -0.1) is 0 Å². The van der Waals surface area contributed by atoms with Gasteiger partial charge in [-0.1, -0.05) is 0 Å². The van der Waals surface area contributed by atoms with Gasteiger partial charge in [0, 0.05) is 9.13 Å². The van der Waals surface area contributed by atoms with Gasteiger partial charge >= 0.3 is 0 Å². The molecule has 0 saturated carbocycles. The Bertz CT molecular complexity index is 310. The van der Waals surface area contributed by atoms with E-state index in [1.807, 2.05) is 12.1 Å². The summed E-state index contributed by atoms with van der Waals surface area (Å²) in [5.74, 6) is 1.78. The van der Waals surface area contributed by atoms with Crippen LogP contribution in [-0.4, -0.2) is 13.2 Å². The minimum atomic E-state index is 0.660. The molecular weight excluding hydrogens is 267 g/mol. The van der Waals surface area contributed by atoms with Gasteiger partial charge in [-0.3, -0.25) is 0 Å². The highest BCUT2D eigenvalue weighted by atomic mass is 127. The first-order valence-corrected chi connectivity index (χ1v) is 4.91. The topological polar surface area (TPSA) is 18.5 Å². The monoisotopic (exact) mass is 276 g/mol. The number of ether oxygens (including phenoxy) is 2. The summed E-state index contributed by atoms with van der Waals surface area (Å²) >= 11 is 2.29. The summed E-state index contributed by atoms with van der Waals surface area (Å²) in [5, 5.41) is 0. The number of hydrogen-bond donors (Lipinski definition) is 0. The second-order valence-corrected chi connectivity index (χ2v) is 3.86. The lowest BCUT2D eigenvalue weighted by molar-refractivity contribution is 0.170. The van der Waals surface area contributed by atoms with E-state index in [1.54, 1.807) is 0 Å². The predicted octanol–water partition coefficient (Wildman–Crippen LogP) is 2.37. The molecule has 0 radical (unpaired) electrons. The summed E-state index contributed by atoms with van der Waals surface area (Å²) in [6.07, 6.45) is 0. The van der Waals surface area contributed by atoms with Crippen LogP contribution in [0.15, 0.2) is 12.1 Å². The van der Waals surface area contributed by atoms with Crippen molar-refractivity contribution in [3.63, 3.8) is 0 Å². The van der Waals surface area contributed by atoms with Gasteiger partial charge in [-0.05, 0) is 41.6 Å². The highest BCUT2D eigenvalue weighted by Crippen LogP contribution is 2.35. The molecule has 2 rings (SSSR count). The lowest BCUT2D eigenvalue weighted by Gasteiger charge is -2.20. The van der Waals surface area contributed by atoms with Crippen LogP contribution in [0.2, 0.25) is 0 Å². The number of fused-ring (bicyclic) bond motifs is 1. The van der Waals surface area contributed by atoms with Gasteiger partial charge < -0.3 is 9.47 Å². The predicted molar refractivity (Wildman–Crippen MR) is 54.9 cm³/mol. The van der Waals surface area contributed by atoms with Crippen LogP contribution < -0.4 is 9.47 Å². The molecule has 0 N–H and O–H groups in total. The van der Waals surface area contributed by atoms with Gasteiger partial charge in [0.1, 0.15) is 13.2 Å². The van der Waals surface area contributed by atoms with Crippen molar-refractivity contribution in [2.75, 3.05) is 13.2 Å². The zero-order chi connectivity index (χ0) is 8.55. The molecule has 1 aromatic rings. The lowest BCUT2D eigenvalue weighted by Crippen LogP contribution is -2.16. The number of benzene rings is 1. The van der Waals surface area contributed by atoms with Gasteiger partial charge in [0.2, 0.25) is 0 Å². The average molecular weight is 276 g/mol. The van der Waals surface area contributed by atoms with Crippen molar-refractivity contribution in [2.45, 2.75) is 6.92 Å². The highest BCUT2D eigenvalue weighted by molar-refractivity contribution is 14.1. The van der Waals surface area contributed by atoms with E-state index in [-0.39, 0.29) is 0 Å². The summed E-state index contributed by atoms with van der Waals surface area (Å²) in [5.41, 5.74) is 1.17. The summed E-state index contributed by atoms with van der Waals surface area (Å²) in [4.78, 5) is 0. The fourth-order valence-corrected chi connectivity index (χ4v) is 1.66. The Morgan fingerprint density at radius 2 is 2.00 bits per heavy atom. The van der Waals surface area contributed by atoms with Crippen LogP contribution in [0.5, 0.6) is 11.5 Å². The first kappa shape index (κ1) is 8.16. The third-order valence-corrected chi connectivity index (χ3v) is 3.06. The zero-order valence-corrected chi connectivity index (χ0v) is 8.92. The minimum absolute atomic E-state index is 0.660. The van der Waals surface area contributed by atoms with E-state index in [2.05, 4.69) is 29.5 Å². The SMILES string of the molecule is Cc1c(I)ccc2c1OCCO2. The fourth-order valence-electron chi connectivity index (χ4n) is 1.23. The van der Waals surface area contributed by atoms with Gasteiger partial charge in [-0.2, -0.15) is 0 Å². The van der Waals surface area contributed by atoms with Crippen molar-refractivity contribution < 1.29 is 9.47 Å². The van der Waals surface area contributed by atoms with Crippen molar-refractivity contribution in [1.29, 1.82) is 0 Å². The van der Waals surface area contributed by atoms with Crippen LogP contribution in [0.1, 0.15) is 5.56 Å². The number of rotatable bonds is 0. The Balaban J connectivity index is 2.54. The third-order valence-electron chi connectivity index (χ3n) is 1.89. The molecule has 0 spiro atoms. The maximum absolute atomic E-state index is 5.51. The Morgan fingerprint density at radius 1 is 1.25 bits per heavy atom. The molecule has 2 nitrogen and oxygen atoms in total. The fraction of sp³-hybridized carbons (Fsp3) is 0.333. The Kier molecular flexibility index (Phi) is 2.12. The molecule has 12 heavy (non-hydrogen) atoms. The van der Waals surface area contributed by atoms with E-state index in [1.165, 1.54) is 9.13 Å². The molecular formula is C9H9IO2. The largest absolute Gasteiger partial charge is 0.486 e. The van der Waals surface area contributed by atoms with Crippen molar-refractivity contribution >= 4 is 22.6 Å². The molecule has 0 amide bonds. The maximum atomic E-state index is 5.51. The van der Waals surface area contributed by atoms with E-state index < -0.39 is 0 Å². The molecule has 0 aromatic heterocycles. The van der Waals surface area contributed by atoms with Crippen molar-refractivity contribution in [3.05, 3.63) is 21.3 Å². The van der Waals surface area contributed by atoms with Gasteiger partial charge in [-0.25, -0.2) is 0 Å². The van der Waals surface area contributed by atoms with Crippen molar-refractivity contribution in [2.24, 2.45) is 0 Å². The van der Waals surface area contributed by atoms with Crippen LogP contribution in [0.4, 0.5) is 0 Å². The molecule has 0 aliphatic carbocycles. The molecule has 0 saturated heterocycles. The number of hydrogen-bond acceptors (Lipinski definition) is 2. The molecule has 0 atom stereocenters. The van der Waals surface area contributed by atoms with Crippen molar-refractivity contribution in [1.82, 2.24) is 0 Å². The number of halogens is 1. The molecule has 3 heteroatoms. The smallest absolute Gasteiger partial charge is 0.165 e. The molecule has 1 aromatic carbocycles. The van der Waals surface area contributed by atoms with Gasteiger partial charge in [0.05, 0.1) is 0 Å². The Morgan fingerprint density at radius 3 is 2.83 bits per heavy atom. The average Bonchev–Trinajstić information content (AvgIpc) is 2.12.